The second kappa shape index (κ2) is 7.24. The van der Waals surface area contributed by atoms with Crippen LogP contribution < -0.4 is 4.84 Å². The number of benzene rings is 1. The number of rotatable bonds is 1. The molecule has 1 aromatic heterocycles. The number of fused-ring (bicyclic) bond motifs is 3. The van der Waals surface area contributed by atoms with Crippen LogP contribution in [0.3, 0.4) is 0 Å². The van der Waals surface area contributed by atoms with E-state index >= 15 is 0 Å². The second-order valence-electron chi connectivity index (χ2n) is 7.53. The number of aromatic nitrogens is 1. The van der Waals surface area contributed by atoms with Crippen LogP contribution in [0.25, 0.3) is 10.9 Å². The van der Waals surface area contributed by atoms with Crippen LogP contribution in [-0.2, 0) is 22.4 Å². The Hall–Kier alpha value is -1.92. The first-order chi connectivity index (χ1) is 12.6. The fraction of sp³-hybridized carbons (Fsp3) is 0.474. The summed E-state index contributed by atoms with van der Waals surface area (Å²) in [6, 6.07) is 3.46. The van der Waals surface area contributed by atoms with E-state index in [9.17, 15) is 9.59 Å². The Labute approximate surface area is 167 Å². The Bertz CT molecular complexity index is 915. The molecule has 0 spiro atoms. The number of ether oxygens (including phenoxy) is 1. The van der Waals surface area contributed by atoms with Gasteiger partial charge in [-0.1, -0.05) is 23.2 Å². The Balaban J connectivity index is 2.01. The van der Waals surface area contributed by atoms with Gasteiger partial charge in [0.05, 0.1) is 21.3 Å². The van der Waals surface area contributed by atoms with Gasteiger partial charge in [0.15, 0.2) is 0 Å². The summed E-state index contributed by atoms with van der Waals surface area (Å²) in [6.45, 7) is 7.78. The molecule has 1 aliphatic heterocycles. The maximum Gasteiger partial charge on any atom is 0.410 e. The molecule has 1 amide bonds. The molecule has 0 bridgehead atoms. The summed E-state index contributed by atoms with van der Waals surface area (Å²) >= 11 is 12.7. The molecule has 0 radical (unpaired) electrons. The summed E-state index contributed by atoms with van der Waals surface area (Å²) in [5, 5.41) is 1.61. The van der Waals surface area contributed by atoms with Gasteiger partial charge in [0.2, 0.25) is 0 Å². The Morgan fingerprint density at radius 3 is 2.41 bits per heavy atom. The lowest BCUT2D eigenvalue weighted by Crippen LogP contribution is -2.38. The van der Waals surface area contributed by atoms with Gasteiger partial charge in [-0.25, -0.2) is 9.59 Å². The van der Waals surface area contributed by atoms with E-state index in [-0.39, 0.29) is 6.09 Å². The minimum absolute atomic E-state index is 0.361. The van der Waals surface area contributed by atoms with Crippen LogP contribution in [-0.4, -0.2) is 40.4 Å². The lowest BCUT2D eigenvalue weighted by atomic mass is 10.1. The van der Waals surface area contributed by atoms with Gasteiger partial charge in [-0.05, 0) is 44.9 Å². The molecule has 6 nitrogen and oxygen atoms in total. The van der Waals surface area contributed by atoms with Crippen molar-refractivity contribution in [1.29, 1.82) is 0 Å². The van der Waals surface area contributed by atoms with E-state index in [0.29, 0.717) is 41.5 Å². The van der Waals surface area contributed by atoms with Gasteiger partial charge in [0.25, 0.3) is 0 Å². The van der Waals surface area contributed by atoms with Gasteiger partial charge in [-0.3, -0.25) is 0 Å². The molecule has 0 N–H and O–H groups in total. The SMILES string of the molecule is CC(=O)On1c2c(c3c(Cl)c(Cl)ccc31)CCN(C(=O)OC(C)(C)C)CC2. The van der Waals surface area contributed by atoms with E-state index < -0.39 is 11.6 Å². The van der Waals surface area contributed by atoms with Gasteiger partial charge in [-0.15, -0.1) is 0 Å². The van der Waals surface area contributed by atoms with E-state index in [2.05, 4.69) is 0 Å². The number of halogens is 2. The quantitative estimate of drug-likeness (QED) is 0.701. The first-order valence-corrected chi connectivity index (χ1v) is 9.51. The van der Waals surface area contributed by atoms with E-state index in [1.807, 2.05) is 20.8 Å². The van der Waals surface area contributed by atoms with Crippen LogP contribution in [0.5, 0.6) is 0 Å². The van der Waals surface area contributed by atoms with Gasteiger partial charge < -0.3 is 14.5 Å². The van der Waals surface area contributed by atoms with Crippen molar-refractivity contribution in [3.8, 4) is 0 Å². The van der Waals surface area contributed by atoms with E-state index in [0.717, 1.165) is 16.6 Å². The lowest BCUT2D eigenvalue weighted by molar-refractivity contribution is -0.141. The molecule has 0 fully saturated rings. The van der Waals surface area contributed by atoms with Crippen molar-refractivity contribution in [1.82, 2.24) is 9.63 Å². The average Bonchev–Trinajstić information content (AvgIpc) is 2.70. The molecule has 1 aromatic carbocycles. The zero-order valence-electron chi connectivity index (χ0n) is 15.8. The standard InChI is InChI=1S/C19H22Cl2N2O4/c1-11(24)27-23-14-8-10-22(18(25)26-19(2,3)4)9-7-12(14)16-15(23)6-5-13(20)17(16)21/h5-6H,7-10H2,1-4H3. The highest BCUT2D eigenvalue weighted by Crippen LogP contribution is 2.37. The van der Waals surface area contributed by atoms with E-state index in [4.69, 9.17) is 32.8 Å². The summed E-state index contributed by atoms with van der Waals surface area (Å²) in [5.74, 6) is -0.436. The summed E-state index contributed by atoms with van der Waals surface area (Å²) < 4.78 is 6.99. The fourth-order valence-electron chi connectivity index (χ4n) is 3.27. The molecule has 146 valence electrons. The number of hydrogen-bond donors (Lipinski definition) is 0. The topological polar surface area (TPSA) is 60.8 Å². The number of hydrogen-bond acceptors (Lipinski definition) is 4. The van der Waals surface area contributed by atoms with Crippen LogP contribution in [0.15, 0.2) is 12.1 Å². The first kappa shape index (κ1) is 19.8. The third-order valence-electron chi connectivity index (χ3n) is 4.31. The summed E-state index contributed by atoms with van der Waals surface area (Å²) in [4.78, 5) is 31.2. The zero-order chi connectivity index (χ0) is 19.9. The second-order valence-corrected chi connectivity index (χ2v) is 8.31. The highest BCUT2D eigenvalue weighted by Gasteiger charge is 2.29. The smallest absolute Gasteiger partial charge is 0.410 e. The largest absolute Gasteiger partial charge is 0.444 e. The monoisotopic (exact) mass is 412 g/mol. The minimum Gasteiger partial charge on any atom is -0.444 e. The minimum atomic E-state index is -0.563. The molecule has 0 saturated heterocycles. The number of carbonyl (C=O) groups excluding carboxylic acids is 2. The molecule has 2 aromatic rings. The maximum absolute atomic E-state index is 12.5. The molecule has 1 aliphatic rings. The Kier molecular flexibility index (Phi) is 5.32. The number of amides is 1. The Morgan fingerprint density at radius 2 is 1.78 bits per heavy atom. The molecule has 27 heavy (non-hydrogen) atoms. The van der Waals surface area contributed by atoms with Crippen molar-refractivity contribution in [2.75, 3.05) is 13.1 Å². The molecule has 0 atom stereocenters. The average molecular weight is 413 g/mol. The zero-order valence-corrected chi connectivity index (χ0v) is 17.3. The van der Waals surface area contributed by atoms with Gasteiger partial charge in [-0.2, -0.15) is 4.73 Å². The Morgan fingerprint density at radius 1 is 1.11 bits per heavy atom. The summed E-state index contributed by atoms with van der Waals surface area (Å²) in [7, 11) is 0. The van der Waals surface area contributed by atoms with Crippen LogP contribution >= 0.6 is 23.2 Å². The van der Waals surface area contributed by atoms with Gasteiger partial charge >= 0.3 is 12.1 Å². The van der Waals surface area contributed by atoms with Gasteiger partial charge in [0.1, 0.15) is 5.60 Å². The van der Waals surface area contributed by atoms with Crippen LogP contribution in [0.1, 0.15) is 39.0 Å². The van der Waals surface area contributed by atoms with E-state index in [1.165, 1.54) is 11.7 Å². The van der Waals surface area contributed by atoms with Crippen molar-refractivity contribution in [2.45, 2.75) is 46.1 Å². The van der Waals surface area contributed by atoms with Crippen molar-refractivity contribution in [2.24, 2.45) is 0 Å². The number of nitrogens with zero attached hydrogens (tertiary/aromatic N) is 2. The molecule has 3 rings (SSSR count). The van der Waals surface area contributed by atoms with Crippen molar-refractivity contribution in [3.63, 3.8) is 0 Å². The van der Waals surface area contributed by atoms with Crippen LogP contribution in [0, 0.1) is 0 Å². The first-order valence-electron chi connectivity index (χ1n) is 8.75. The predicted molar refractivity (Wildman–Crippen MR) is 104 cm³/mol. The van der Waals surface area contributed by atoms with Crippen molar-refractivity contribution < 1.29 is 19.2 Å². The number of carbonyl (C=O) groups is 2. The highest BCUT2D eigenvalue weighted by molar-refractivity contribution is 6.45. The summed E-state index contributed by atoms with van der Waals surface area (Å²) in [6.07, 6.45) is 0.698. The highest BCUT2D eigenvalue weighted by atomic mass is 35.5. The van der Waals surface area contributed by atoms with Crippen LogP contribution in [0.4, 0.5) is 4.79 Å². The molecule has 8 heteroatoms. The van der Waals surface area contributed by atoms with Gasteiger partial charge in [0, 0.05) is 31.8 Å². The molecular formula is C19H22Cl2N2O4. The third-order valence-corrected chi connectivity index (χ3v) is 5.11. The molecular weight excluding hydrogens is 391 g/mol. The predicted octanol–water partition coefficient (Wildman–Crippen LogP) is 4.26. The van der Waals surface area contributed by atoms with E-state index in [1.54, 1.807) is 17.0 Å². The van der Waals surface area contributed by atoms with Crippen molar-refractivity contribution in [3.05, 3.63) is 33.4 Å². The summed E-state index contributed by atoms with van der Waals surface area (Å²) in [5.41, 5.74) is 1.88. The lowest BCUT2D eigenvalue weighted by Gasteiger charge is -2.26. The van der Waals surface area contributed by atoms with Crippen molar-refractivity contribution >= 4 is 46.2 Å². The molecule has 0 saturated carbocycles. The molecule has 2 heterocycles. The van der Waals surface area contributed by atoms with Crippen LogP contribution in [0.2, 0.25) is 10.0 Å². The molecule has 0 aliphatic carbocycles. The normalized spacial score (nSPS) is 14.7. The third kappa shape index (κ3) is 4.01. The molecule has 0 unspecified atom stereocenters. The fourth-order valence-corrected chi connectivity index (χ4v) is 3.70. The maximum atomic E-state index is 12.5.